The number of aromatic nitrogens is 1. The molecule has 0 saturated carbocycles. The Labute approximate surface area is 101 Å². The Balaban J connectivity index is 2.56. The maximum atomic E-state index is 11.5. The van der Waals surface area contributed by atoms with Crippen molar-refractivity contribution < 1.29 is 4.79 Å². The highest BCUT2D eigenvalue weighted by Crippen LogP contribution is 2.26. The normalized spacial score (nSPS) is 11.5. The molecule has 0 aliphatic heterocycles. The van der Waals surface area contributed by atoms with Crippen molar-refractivity contribution in [2.75, 3.05) is 5.32 Å². The van der Waals surface area contributed by atoms with Crippen LogP contribution < -0.4 is 5.32 Å². The van der Waals surface area contributed by atoms with Crippen molar-refractivity contribution in [3.8, 4) is 0 Å². The summed E-state index contributed by atoms with van der Waals surface area (Å²) in [5.41, 5.74) is 1.08. The average molecular weight is 240 g/mol. The van der Waals surface area contributed by atoms with Gasteiger partial charge in [-0.25, -0.2) is 4.98 Å². The van der Waals surface area contributed by atoms with Crippen LogP contribution in [0.5, 0.6) is 0 Å². The van der Waals surface area contributed by atoms with Crippen LogP contribution in [-0.2, 0) is 10.2 Å². The fourth-order valence-electron chi connectivity index (χ4n) is 1.19. The van der Waals surface area contributed by atoms with E-state index in [0.717, 1.165) is 18.5 Å². The quantitative estimate of drug-likeness (QED) is 0.874. The lowest BCUT2D eigenvalue weighted by Crippen LogP contribution is -2.13. The standard InChI is InChI=1S/C12H20N2OS/c1-5-6-7-10(15)14-11-13-9(8-16-11)12(2,3)4/h8H,5-7H2,1-4H3,(H,13,14,15). The minimum Gasteiger partial charge on any atom is -0.302 e. The van der Waals surface area contributed by atoms with E-state index in [1.165, 1.54) is 11.3 Å². The average Bonchev–Trinajstić information content (AvgIpc) is 2.62. The molecule has 1 N–H and O–H groups in total. The maximum absolute atomic E-state index is 11.5. The molecule has 1 aromatic rings. The van der Waals surface area contributed by atoms with Crippen LogP contribution >= 0.6 is 11.3 Å². The van der Waals surface area contributed by atoms with Crippen molar-refractivity contribution in [2.24, 2.45) is 0 Å². The van der Waals surface area contributed by atoms with E-state index in [4.69, 9.17) is 0 Å². The summed E-state index contributed by atoms with van der Waals surface area (Å²) in [5.74, 6) is 0.0664. The number of rotatable bonds is 4. The predicted octanol–water partition coefficient (Wildman–Crippen LogP) is 3.57. The van der Waals surface area contributed by atoms with E-state index in [1.807, 2.05) is 5.38 Å². The second-order valence-corrected chi connectivity index (χ2v) is 5.80. The fraction of sp³-hybridized carbons (Fsp3) is 0.667. The third-order valence-electron chi connectivity index (χ3n) is 2.28. The largest absolute Gasteiger partial charge is 0.302 e. The molecule has 1 heterocycles. The highest BCUT2D eigenvalue weighted by Gasteiger charge is 2.17. The van der Waals surface area contributed by atoms with E-state index < -0.39 is 0 Å². The molecule has 0 saturated heterocycles. The number of unbranched alkanes of at least 4 members (excludes halogenated alkanes) is 1. The third kappa shape index (κ3) is 3.93. The Morgan fingerprint density at radius 3 is 2.69 bits per heavy atom. The molecule has 0 radical (unpaired) electrons. The highest BCUT2D eigenvalue weighted by atomic mass is 32.1. The van der Waals surface area contributed by atoms with Gasteiger partial charge in [-0.05, 0) is 6.42 Å². The summed E-state index contributed by atoms with van der Waals surface area (Å²) in [6, 6.07) is 0. The number of anilines is 1. The number of nitrogens with zero attached hydrogens (tertiary/aromatic N) is 1. The summed E-state index contributed by atoms with van der Waals surface area (Å²) in [4.78, 5) is 15.9. The van der Waals surface area contributed by atoms with Crippen LogP contribution in [0, 0.1) is 0 Å². The topological polar surface area (TPSA) is 42.0 Å². The summed E-state index contributed by atoms with van der Waals surface area (Å²) >= 11 is 1.50. The van der Waals surface area contributed by atoms with Gasteiger partial charge in [0.05, 0.1) is 5.69 Å². The first-order valence-electron chi connectivity index (χ1n) is 5.69. The number of hydrogen-bond acceptors (Lipinski definition) is 3. The van der Waals surface area contributed by atoms with Gasteiger partial charge < -0.3 is 5.32 Å². The van der Waals surface area contributed by atoms with Crippen molar-refractivity contribution >= 4 is 22.4 Å². The van der Waals surface area contributed by atoms with Gasteiger partial charge in [0.25, 0.3) is 0 Å². The van der Waals surface area contributed by atoms with Crippen LogP contribution in [0.3, 0.4) is 0 Å². The smallest absolute Gasteiger partial charge is 0.226 e. The summed E-state index contributed by atoms with van der Waals surface area (Å²) in [5, 5.41) is 5.56. The number of nitrogens with one attached hydrogen (secondary N) is 1. The molecule has 90 valence electrons. The molecule has 1 amide bonds. The summed E-state index contributed by atoms with van der Waals surface area (Å²) in [7, 11) is 0. The van der Waals surface area contributed by atoms with E-state index in [-0.39, 0.29) is 11.3 Å². The van der Waals surface area contributed by atoms with E-state index in [0.29, 0.717) is 11.6 Å². The molecule has 0 aliphatic rings. The molecule has 16 heavy (non-hydrogen) atoms. The van der Waals surface area contributed by atoms with Crippen LogP contribution in [0.2, 0.25) is 0 Å². The van der Waals surface area contributed by atoms with E-state index >= 15 is 0 Å². The van der Waals surface area contributed by atoms with Crippen molar-refractivity contribution in [1.82, 2.24) is 4.98 Å². The summed E-state index contributed by atoms with van der Waals surface area (Å²) in [6.45, 7) is 8.43. The van der Waals surface area contributed by atoms with Crippen LogP contribution in [0.4, 0.5) is 5.13 Å². The summed E-state index contributed by atoms with van der Waals surface area (Å²) < 4.78 is 0. The zero-order valence-electron chi connectivity index (χ0n) is 10.5. The van der Waals surface area contributed by atoms with Gasteiger partial charge in [-0.3, -0.25) is 4.79 Å². The van der Waals surface area contributed by atoms with E-state index in [1.54, 1.807) is 0 Å². The zero-order chi connectivity index (χ0) is 12.2. The molecule has 0 aromatic carbocycles. The number of carbonyl (C=O) groups is 1. The minimum atomic E-state index is 0.0445. The molecule has 1 rings (SSSR count). The van der Waals surface area contributed by atoms with Crippen molar-refractivity contribution in [2.45, 2.75) is 52.4 Å². The van der Waals surface area contributed by atoms with Crippen LogP contribution in [0.25, 0.3) is 0 Å². The first kappa shape index (κ1) is 13.2. The minimum absolute atomic E-state index is 0.0445. The summed E-state index contributed by atoms with van der Waals surface area (Å²) in [6.07, 6.45) is 2.56. The number of carbonyl (C=O) groups excluding carboxylic acids is 1. The van der Waals surface area contributed by atoms with Crippen LogP contribution in [-0.4, -0.2) is 10.9 Å². The SMILES string of the molecule is CCCCC(=O)Nc1nc(C(C)(C)C)cs1. The van der Waals surface area contributed by atoms with Crippen LogP contribution in [0.15, 0.2) is 5.38 Å². The van der Waals surface area contributed by atoms with Gasteiger partial charge in [0, 0.05) is 17.2 Å². The molecule has 0 spiro atoms. The second-order valence-electron chi connectivity index (χ2n) is 4.94. The number of amides is 1. The van der Waals surface area contributed by atoms with E-state index in [9.17, 15) is 4.79 Å². The predicted molar refractivity (Wildman–Crippen MR) is 69.0 cm³/mol. The molecule has 1 aromatic heterocycles. The Kier molecular flexibility index (Phi) is 4.47. The molecule has 0 fully saturated rings. The van der Waals surface area contributed by atoms with Gasteiger partial charge in [-0.15, -0.1) is 11.3 Å². The molecule has 0 bridgehead atoms. The molecule has 0 aliphatic carbocycles. The van der Waals surface area contributed by atoms with Crippen molar-refractivity contribution in [3.63, 3.8) is 0 Å². The van der Waals surface area contributed by atoms with Crippen molar-refractivity contribution in [3.05, 3.63) is 11.1 Å². The van der Waals surface area contributed by atoms with Gasteiger partial charge >= 0.3 is 0 Å². The Morgan fingerprint density at radius 1 is 1.50 bits per heavy atom. The van der Waals surface area contributed by atoms with Crippen molar-refractivity contribution in [1.29, 1.82) is 0 Å². The van der Waals surface area contributed by atoms with Gasteiger partial charge in [0.15, 0.2) is 5.13 Å². The number of hydrogen-bond donors (Lipinski definition) is 1. The highest BCUT2D eigenvalue weighted by molar-refractivity contribution is 7.13. The molecule has 0 atom stereocenters. The monoisotopic (exact) mass is 240 g/mol. The Morgan fingerprint density at radius 2 is 2.19 bits per heavy atom. The first-order valence-corrected chi connectivity index (χ1v) is 6.57. The van der Waals surface area contributed by atoms with Crippen LogP contribution in [0.1, 0.15) is 52.7 Å². The number of thiazole rings is 1. The third-order valence-corrected chi connectivity index (χ3v) is 3.03. The first-order chi connectivity index (χ1) is 7.43. The Bertz CT molecular complexity index is 352. The zero-order valence-corrected chi connectivity index (χ0v) is 11.3. The fourth-order valence-corrected chi connectivity index (χ4v) is 2.15. The molecule has 4 heteroatoms. The molecular weight excluding hydrogens is 220 g/mol. The van der Waals surface area contributed by atoms with Gasteiger partial charge in [-0.1, -0.05) is 34.1 Å². The molecule has 0 unspecified atom stereocenters. The second kappa shape index (κ2) is 5.43. The molecule has 3 nitrogen and oxygen atoms in total. The van der Waals surface area contributed by atoms with Gasteiger partial charge in [0.1, 0.15) is 0 Å². The maximum Gasteiger partial charge on any atom is 0.226 e. The van der Waals surface area contributed by atoms with Gasteiger partial charge in [-0.2, -0.15) is 0 Å². The molecular formula is C12H20N2OS. The lowest BCUT2D eigenvalue weighted by molar-refractivity contribution is -0.116. The van der Waals surface area contributed by atoms with E-state index in [2.05, 4.69) is 38.0 Å². The Hall–Kier alpha value is -0.900. The van der Waals surface area contributed by atoms with Gasteiger partial charge in [0.2, 0.25) is 5.91 Å². The lowest BCUT2D eigenvalue weighted by atomic mass is 9.93. The lowest BCUT2D eigenvalue weighted by Gasteiger charge is -2.14.